The van der Waals surface area contributed by atoms with Crippen LogP contribution >= 0.6 is 0 Å². The van der Waals surface area contributed by atoms with Gasteiger partial charge in [-0.05, 0) is 55.2 Å². The van der Waals surface area contributed by atoms with Crippen molar-refractivity contribution >= 4 is 0 Å². The smallest absolute Gasteiger partial charge is 0.0208 e. The van der Waals surface area contributed by atoms with E-state index in [9.17, 15) is 0 Å². The Hall–Kier alpha value is -0.820. The fourth-order valence-electron chi connectivity index (χ4n) is 3.25. The lowest BCUT2D eigenvalue weighted by Gasteiger charge is -2.28. The second-order valence-electron chi connectivity index (χ2n) is 6.02. The van der Waals surface area contributed by atoms with Crippen LogP contribution in [0.5, 0.6) is 0 Å². The monoisotopic (exact) mass is 245 g/mol. The van der Waals surface area contributed by atoms with Gasteiger partial charge in [0.15, 0.2) is 0 Å². The number of aryl methyl sites for hydroxylation is 1. The molecule has 0 aliphatic heterocycles. The van der Waals surface area contributed by atoms with E-state index in [2.05, 4.69) is 44.3 Å². The summed E-state index contributed by atoms with van der Waals surface area (Å²) in [5.41, 5.74) is 4.90. The predicted octanol–water partition coefficient (Wildman–Crippen LogP) is 4.36. The molecule has 1 saturated carbocycles. The highest BCUT2D eigenvalue weighted by molar-refractivity contribution is 5.32. The van der Waals surface area contributed by atoms with Crippen LogP contribution in [0.3, 0.4) is 0 Å². The Morgan fingerprint density at radius 2 is 1.89 bits per heavy atom. The Bertz CT molecular complexity index is 389. The van der Waals surface area contributed by atoms with Gasteiger partial charge >= 0.3 is 0 Å². The molecule has 1 nitrogen and oxygen atoms in total. The quantitative estimate of drug-likeness (QED) is 0.812. The van der Waals surface area contributed by atoms with Gasteiger partial charge in [-0.2, -0.15) is 0 Å². The first-order chi connectivity index (χ1) is 8.67. The maximum atomic E-state index is 3.70. The molecule has 0 unspecified atom stereocenters. The molecule has 0 radical (unpaired) electrons. The number of nitrogens with one attached hydrogen (secondary N) is 1. The summed E-state index contributed by atoms with van der Waals surface area (Å²) in [4.78, 5) is 0. The SMILES string of the molecule is CCC1(CNCc2cccc(C)c2C)CCCC1. The van der Waals surface area contributed by atoms with Gasteiger partial charge < -0.3 is 5.32 Å². The minimum absolute atomic E-state index is 0.595. The van der Waals surface area contributed by atoms with Crippen LogP contribution < -0.4 is 5.32 Å². The normalized spacial score (nSPS) is 18.2. The van der Waals surface area contributed by atoms with Gasteiger partial charge in [-0.3, -0.25) is 0 Å². The van der Waals surface area contributed by atoms with E-state index in [-0.39, 0.29) is 0 Å². The fraction of sp³-hybridized carbons (Fsp3) is 0.647. The third-order valence-electron chi connectivity index (χ3n) is 4.95. The van der Waals surface area contributed by atoms with E-state index >= 15 is 0 Å². The zero-order valence-electron chi connectivity index (χ0n) is 12.2. The highest BCUT2D eigenvalue weighted by Crippen LogP contribution is 2.40. The minimum atomic E-state index is 0.595. The van der Waals surface area contributed by atoms with Crippen molar-refractivity contribution in [1.82, 2.24) is 5.32 Å². The third kappa shape index (κ3) is 2.95. The van der Waals surface area contributed by atoms with Crippen molar-refractivity contribution in [2.24, 2.45) is 5.41 Å². The Kier molecular flexibility index (Phi) is 4.45. The maximum Gasteiger partial charge on any atom is 0.0208 e. The van der Waals surface area contributed by atoms with E-state index in [0.29, 0.717) is 5.41 Å². The van der Waals surface area contributed by atoms with Crippen molar-refractivity contribution in [1.29, 1.82) is 0 Å². The molecule has 1 aromatic rings. The van der Waals surface area contributed by atoms with E-state index in [1.54, 1.807) is 0 Å². The van der Waals surface area contributed by atoms with Crippen LogP contribution in [-0.2, 0) is 6.54 Å². The molecule has 1 aliphatic rings. The van der Waals surface area contributed by atoms with Crippen LogP contribution in [0.25, 0.3) is 0 Å². The maximum absolute atomic E-state index is 3.70. The van der Waals surface area contributed by atoms with Crippen LogP contribution in [0.4, 0.5) is 0 Å². The summed E-state index contributed by atoms with van der Waals surface area (Å²) < 4.78 is 0. The molecule has 1 heteroatoms. The number of benzene rings is 1. The first kappa shape index (κ1) is 13.6. The second-order valence-corrected chi connectivity index (χ2v) is 6.02. The summed E-state index contributed by atoms with van der Waals surface area (Å²) in [7, 11) is 0. The molecule has 0 saturated heterocycles. The molecule has 0 heterocycles. The molecule has 1 fully saturated rings. The predicted molar refractivity (Wildman–Crippen MR) is 78.8 cm³/mol. The number of rotatable bonds is 5. The highest BCUT2D eigenvalue weighted by atomic mass is 14.9. The summed E-state index contributed by atoms with van der Waals surface area (Å²) in [6, 6.07) is 6.62. The van der Waals surface area contributed by atoms with Crippen LogP contribution in [0.2, 0.25) is 0 Å². The largest absolute Gasteiger partial charge is 0.312 e. The van der Waals surface area contributed by atoms with Gasteiger partial charge in [-0.1, -0.05) is 38.0 Å². The molecular formula is C17H27N. The summed E-state index contributed by atoms with van der Waals surface area (Å²) >= 11 is 0. The molecule has 0 atom stereocenters. The molecule has 0 bridgehead atoms. The van der Waals surface area contributed by atoms with Crippen LogP contribution in [-0.4, -0.2) is 6.54 Å². The van der Waals surface area contributed by atoms with Crippen molar-refractivity contribution in [2.45, 2.75) is 59.4 Å². The van der Waals surface area contributed by atoms with Crippen molar-refractivity contribution in [3.8, 4) is 0 Å². The van der Waals surface area contributed by atoms with Crippen LogP contribution in [0, 0.1) is 19.3 Å². The molecule has 18 heavy (non-hydrogen) atoms. The standard InChI is InChI=1S/C17H27N/c1-4-17(10-5-6-11-17)13-18-12-16-9-7-8-14(2)15(16)3/h7-9,18H,4-6,10-13H2,1-3H3. The van der Waals surface area contributed by atoms with Crippen molar-refractivity contribution in [3.63, 3.8) is 0 Å². The Morgan fingerprint density at radius 3 is 2.56 bits per heavy atom. The molecule has 0 amide bonds. The lowest BCUT2D eigenvalue weighted by Crippen LogP contribution is -2.31. The summed E-state index contributed by atoms with van der Waals surface area (Å²) in [6.07, 6.45) is 7.03. The Morgan fingerprint density at radius 1 is 1.17 bits per heavy atom. The summed E-state index contributed by atoms with van der Waals surface area (Å²) in [6.45, 7) is 9.00. The summed E-state index contributed by atoms with van der Waals surface area (Å²) in [5, 5.41) is 3.70. The van der Waals surface area contributed by atoms with Crippen molar-refractivity contribution in [3.05, 3.63) is 34.9 Å². The van der Waals surface area contributed by atoms with Crippen LogP contribution in [0.1, 0.15) is 55.7 Å². The van der Waals surface area contributed by atoms with Gasteiger partial charge in [0.05, 0.1) is 0 Å². The zero-order valence-corrected chi connectivity index (χ0v) is 12.2. The van der Waals surface area contributed by atoms with Gasteiger partial charge in [0.25, 0.3) is 0 Å². The van der Waals surface area contributed by atoms with Gasteiger partial charge in [-0.15, -0.1) is 0 Å². The summed E-state index contributed by atoms with van der Waals surface area (Å²) in [5.74, 6) is 0. The molecule has 1 N–H and O–H groups in total. The van der Waals surface area contributed by atoms with Crippen LogP contribution in [0.15, 0.2) is 18.2 Å². The van der Waals surface area contributed by atoms with Gasteiger partial charge in [0.1, 0.15) is 0 Å². The lowest BCUT2D eigenvalue weighted by molar-refractivity contribution is 0.268. The van der Waals surface area contributed by atoms with E-state index in [1.807, 2.05) is 0 Å². The first-order valence-corrected chi connectivity index (χ1v) is 7.43. The lowest BCUT2D eigenvalue weighted by atomic mass is 9.83. The molecule has 0 aromatic heterocycles. The van der Waals surface area contributed by atoms with Crippen molar-refractivity contribution in [2.75, 3.05) is 6.54 Å². The van der Waals surface area contributed by atoms with Crippen molar-refractivity contribution < 1.29 is 0 Å². The van der Waals surface area contributed by atoms with Gasteiger partial charge in [0.2, 0.25) is 0 Å². The molecule has 1 aliphatic carbocycles. The zero-order chi connectivity index (χ0) is 13.0. The fourth-order valence-corrected chi connectivity index (χ4v) is 3.25. The first-order valence-electron chi connectivity index (χ1n) is 7.43. The number of hydrogen-bond donors (Lipinski definition) is 1. The second kappa shape index (κ2) is 5.88. The van der Waals surface area contributed by atoms with E-state index < -0.39 is 0 Å². The minimum Gasteiger partial charge on any atom is -0.312 e. The molecular weight excluding hydrogens is 218 g/mol. The van der Waals surface area contributed by atoms with E-state index in [0.717, 1.165) is 6.54 Å². The van der Waals surface area contributed by atoms with Gasteiger partial charge in [0, 0.05) is 13.1 Å². The number of hydrogen-bond acceptors (Lipinski definition) is 1. The van der Waals surface area contributed by atoms with E-state index in [1.165, 1.54) is 55.3 Å². The molecule has 2 rings (SSSR count). The van der Waals surface area contributed by atoms with E-state index in [4.69, 9.17) is 0 Å². The molecule has 100 valence electrons. The third-order valence-corrected chi connectivity index (χ3v) is 4.95. The average Bonchev–Trinajstić information content (AvgIpc) is 2.84. The highest BCUT2D eigenvalue weighted by Gasteiger charge is 2.31. The average molecular weight is 245 g/mol. The Labute approximate surface area is 112 Å². The van der Waals surface area contributed by atoms with Gasteiger partial charge in [-0.25, -0.2) is 0 Å². The Balaban J connectivity index is 1.90. The molecule has 1 aromatic carbocycles. The topological polar surface area (TPSA) is 12.0 Å². The molecule has 0 spiro atoms.